The summed E-state index contributed by atoms with van der Waals surface area (Å²) in [6.07, 6.45) is -3.49. The molecule has 0 radical (unpaired) electrons. The van der Waals surface area contributed by atoms with E-state index < -0.39 is 17.9 Å². The van der Waals surface area contributed by atoms with Crippen molar-refractivity contribution in [1.82, 2.24) is 9.97 Å². The number of halogens is 3. The summed E-state index contributed by atoms with van der Waals surface area (Å²) in [6, 6.07) is 9.69. The largest absolute Gasteiger partial charge is 0.433 e. The zero-order valence-electron chi connectivity index (χ0n) is 11.9. The van der Waals surface area contributed by atoms with Crippen LogP contribution in [0, 0.1) is 0 Å². The minimum atomic E-state index is -4.53. The lowest BCUT2D eigenvalue weighted by atomic mass is 9.94. The summed E-state index contributed by atoms with van der Waals surface area (Å²) in [4.78, 5) is 7.23. The molecule has 1 aromatic heterocycles. The molecule has 1 aromatic carbocycles. The van der Waals surface area contributed by atoms with Gasteiger partial charge < -0.3 is 10.4 Å². The monoisotopic (exact) mass is 311 g/mol. The van der Waals surface area contributed by atoms with Crippen LogP contribution >= 0.6 is 0 Å². The van der Waals surface area contributed by atoms with E-state index in [0.717, 1.165) is 17.8 Å². The molecule has 0 aliphatic heterocycles. The number of nitrogens with one attached hydrogen (secondary N) is 1. The summed E-state index contributed by atoms with van der Waals surface area (Å²) < 4.78 is 37.9. The van der Waals surface area contributed by atoms with Gasteiger partial charge in [-0.1, -0.05) is 37.3 Å². The van der Waals surface area contributed by atoms with Gasteiger partial charge in [0.15, 0.2) is 0 Å². The molecule has 0 aliphatic rings. The SMILES string of the molecule is C[C@H](c1ccccc1)[C@@H](CO)Nc1nccc(C(F)(F)F)n1. The van der Waals surface area contributed by atoms with Crippen LogP contribution in [0.4, 0.5) is 19.1 Å². The van der Waals surface area contributed by atoms with Crippen LogP contribution in [0.2, 0.25) is 0 Å². The highest BCUT2D eigenvalue weighted by molar-refractivity contribution is 5.31. The van der Waals surface area contributed by atoms with Gasteiger partial charge in [0.2, 0.25) is 5.95 Å². The molecule has 2 rings (SSSR count). The number of aliphatic hydroxyl groups is 1. The average Bonchev–Trinajstić information content (AvgIpc) is 2.52. The van der Waals surface area contributed by atoms with E-state index in [2.05, 4.69) is 15.3 Å². The van der Waals surface area contributed by atoms with Crippen LogP contribution in [-0.4, -0.2) is 27.7 Å². The second-order valence-corrected chi connectivity index (χ2v) is 4.90. The fourth-order valence-corrected chi connectivity index (χ4v) is 2.07. The van der Waals surface area contributed by atoms with Crippen molar-refractivity contribution in [2.45, 2.75) is 25.1 Å². The highest BCUT2D eigenvalue weighted by Gasteiger charge is 2.33. The van der Waals surface area contributed by atoms with E-state index in [1.54, 1.807) is 0 Å². The van der Waals surface area contributed by atoms with Crippen LogP contribution in [0.15, 0.2) is 42.6 Å². The molecule has 22 heavy (non-hydrogen) atoms. The Hall–Kier alpha value is -2.15. The van der Waals surface area contributed by atoms with Gasteiger partial charge in [-0.15, -0.1) is 0 Å². The van der Waals surface area contributed by atoms with Gasteiger partial charge >= 0.3 is 6.18 Å². The Morgan fingerprint density at radius 3 is 2.45 bits per heavy atom. The topological polar surface area (TPSA) is 58.0 Å². The van der Waals surface area contributed by atoms with Crippen molar-refractivity contribution in [3.05, 3.63) is 53.9 Å². The lowest BCUT2D eigenvalue weighted by Gasteiger charge is -2.23. The Labute approximate surface area is 126 Å². The first-order valence-electron chi connectivity index (χ1n) is 6.74. The smallest absolute Gasteiger partial charge is 0.394 e. The highest BCUT2D eigenvalue weighted by Crippen LogP contribution is 2.28. The van der Waals surface area contributed by atoms with Gasteiger partial charge in [-0.2, -0.15) is 13.2 Å². The fraction of sp³-hybridized carbons (Fsp3) is 0.333. The highest BCUT2D eigenvalue weighted by atomic mass is 19.4. The third kappa shape index (κ3) is 3.94. The Morgan fingerprint density at radius 2 is 1.86 bits per heavy atom. The van der Waals surface area contributed by atoms with Gasteiger partial charge in [0.25, 0.3) is 0 Å². The average molecular weight is 311 g/mol. The van der Waals surface area contributed by atoms with Gasteiger partial charge in [-0.05, 0) is 11.6 Å². The number of hydrogen-bond donors (Lipinski definition) is 2. The first kappa shape index (κ1) is 16.2. The van der Waals surface area contributed by atoms with Crippen LogP contribution in [-0.2, 0) is 6.18 Å². The molecule has 0 unspecified atom stereocenters. The Kier molecular flexibility index (Phi) is 4.97. The molecule has 2 atom stereocenters. The second-order valence-electron chi connectivity index (χ2n) is 4.90. The predicted octanol–water partition coefficient (Wildman–Crippen LogP) is 3.07. The number of hydrogen-bond acceptors (Lipinski definition) is 4. The van der Waals surface area contributed by atoms with E-state index in [1.165, 1.54) is 0 Å². The van der Waals surface area contributed by atoms with Crippen LogP contribution in [0.1, 0.15) is 24.1 Å². The summed E-state index contributed by atoms with van der Waals surface area (Å²) in [5.41, 5.74) is -0.0601. The minimum absolute atomic E-state index is 0.121. The van der Waals surface area contributed by atoms with Crippen LogP contribution in [0.3, 0.4) is 0 Å². The van der Waals surface area contributed by atoms with Gasteiger partial charge in [0.05, 0.1) is 12.6 Å². The third-order valence-electron chi connectivity index (χ3n) is 3.39. The maximum absolute atomic E-state index is 12.6. The molecular formula is C15H16F3N3O. The molecule has 2 aromatic rings. The van der Waals surface area contributed by atoms with Crippen molar-refractivity contribution in [3.63, 3.8) is 0 Å². The lowest BCUT2D eigenvalue weighted by Crippen LogP contribution is -2.31. The van der Waals surface area contributed by atoms with Crippen molar-refractivity contribution < 1.29 is 18.3 Å². The standard InChI is InChI=1S/C15H16F3N3O/c1-10(11-5-3-2-4-6-11)12(9-22)20-14-19-8-7-13(21-14)15(16,17)18/h2-8,10,12,22H,9H2,1H3,(H,19,20,21)/t10-,12-/m1/s1. The van der Waals surface area contributed by atoms with Gasteiger partial charge in [-0.25, -0.2) is 9.97 Å². The number of nitrogens with zero attached hydrogens (tertiary/aromatic N) is 2. The molecule has 0 fully saturated rings. The molecule has 0 spiro atoms. The Morgan fingerprint density at radius 1 is 1.18 bits per heavy atom. The van der Waals surface area contributed by atoms with E-state index in [1.807, 2.05) is 37.3 Å². The van der Waals surface area contributed by atoms with E-state index in [4.69, 9.17) is 0 Å². The minimum Gasteiger partial charge on any atom is -0.394 e. The molecule has 2 N–H and O–H groups in total. The Bertz CT molecular complexity index is 604. The van der Waals surface area contributed by atoms with Crippen LogP contribution in [0.25, 0.3) is 0 Å². The molecule has 4 nitrogen and oxygen atoms in total. The maximum Gasteiger partial charge on any atom is 0.433 e. The van der Waals surface area contributed by atoms with Crippen LogP contribution < -0.4 is 5.32 Å². The third-order valence-corrected chi connectivity index (χ3v) is 3.39. The number of aromatic nitrogens is 2. The molecule has 0 saturated carbocycles. The lowest BCUT2D eigenvalue weighted by molar-refractivity contribution is -0.141. The normalized spacial score (nSPS) is 14.4. The zero-order chi connectivity index (χ0) is 16.2. The second kappa shape index (κ2) is 6.74. The van der Waals surface area contributed by atoms with Gasteiger partial charge in [-0.3, -0.25) is 0 Å². The zero-order valence-corrected chi connectivity index (χ0v) is 11.9. The van der Waals surface area contributed by atoms with Crippen molar-refractivity contribution in [3.8, 4) is 0 Å². The number of benzene rings is 1. The molecule has 0 bridgehead atoms. The van der Waals surface area contributed by atoms with E-state index >= 15 is 0 Å². The summed E-state index contributed by atoms with van der Waals surface area (Å²) in [7, 11) is 0. The Balaban J connectivity index is 2.17. The first-order chi connectivity index (χ1) is 10.4. The van der Waals surface area contributed by atoms with Crippen molar-refractivity contribution in [1.29, 1.82) is 0 Å². The van der Waals surface area contributed by atoms with Crippen molar-refractivity contribution in [2.24, 2.45) is 0 Å². The predicted molar refractivity (Wildman–Crippen MR) is 76.4 cm³/mol. The summed E-state index contributed by atoms with van der Waals surface area (Å²) in [5.74, 6) is -0.277. The fourth-order valence-electron chi connectivity index (χ4n) is 2.07. The van der Waals surface area contributed by atoms with E-state index in [0.29, 0.717) is 0 Å². The summed E-state index contributed by atoms with van der Waals surface area (Å²) >= 11 is 0. The molecule has 0 saturated heterocycles. The maximum atomic E-state index is 12.6. The summed E-state index contributed by atoms with van der Waals surface area (Å²) in [5, 5.41) is 12.3. The quantitative estimate of drug-likeness (QED) is 0.891. The van der Waals surface area contributed by atoms with E-state index in [-0.39, 0.29) is 18.5 Å². The molecule has 0 aliphatic carbocycles. The van der Waals surface area contributed by atoms with Gasteiger partial charge in [0, 0.05) is 12.1 Å². The number of anilines is 1. The van der Waals surface area contributed by atoms with Crippen LogP contribution in [0.5, 0.6) is 0 Å². The summed E-state index contributed by atoms with van der Waals surface area (Å²) in [6.45, 7) is 1.62. The molecular weight excluding hydrogens is 295 g/mol. The molecule has 7 heteroatoms. The van der Waals surface area contributed by atoms with E-state index in [9.17, 15) is 18.3 Å². The van der Waals surface area contributed by atoms with Crippen molar-refractivity contribution >= 4 is 5.95 Å². The van der Waals surface area contributed by atoms with Crippen molar-refractivity contribution in [2.75, 3.05) is 11.9 Å². The molecule has 118 valence electrons. The number of rotatable bonds is 5. The van der Waals surface area contributed by atoms with Gasteiger partial charge in [0.1, 0.15) is 5.69 Å². The number of alkyl halides is 3. The molecule has 0 amide bonds. The number of aliphatic hydroxyl groups excluding tert-OH is 1. The first-order valence-corrected chi connectivity index (χ1v) is 6.74. The molecule has 1 heterocycles.